The number of carbonyl (C=O) groups excluding carboxylic acids is 1. The van der Waals surface area contributed by atoms with Crippen LogP contribution < -0.4 is 0 Å². The Morgan fingerprint density at radius 1 is 1.19 bits per heavy atom. The van der Waals surface area contributed by atoms with Crippen molar-refractivity contribution in [1.82, 2.24) is 15.0 Å². The summed E-state index contributed by atoms with van der Waals surface area (Å²) in [6.45, 7) is 5.16. The Morgan fingerprint density at radius 2 is 1.85 bits per heavy atom. The molecule has 2 heterocycles. The Labute approximate surface area is 150 Å². The number of aryl methyl sites for hydroxylation is 2. The average Bonchev–Trinajstić information content (AvgIpc) is 3.00. The zero-order valence-corrected chi connectivity index (χ0v) is 15.0. The summed E-state index contributed by atoms with van der Waals surface area (Å²) in [5.74, 6) is -1.50. The lowest BCUT2D eigenvalue weighted by molar-refractivity contribution is -0.141. The van der Waals surface area contributed by atoms with Crippen molar-refractivity contribution in [1.29, 1.82) is 0 Å². The Balaban J connectivity index is 2.16. The summed E-state index contributed by atoms with van der Waals surface area (Å²) in [4.78, 5) is 29.8. The van der Waals surface area contributed by atoms with Crippen LogP contribution in [0.25, 0.3) is 22.4 Å². The molecule has 0 aliphatic carbocycles. The monoisotopic (exact) mass is 353 g/mol. The molecule has 0 spiro atoms. The van der Waals surface area contributed by atoms with Gasteiger partial charge >= 0.3 is 5.97 Å². The predicted molar refractivity (Wildman–Crippen MR) is 95.9 cm³/mol. The summed E-state index contributed by atoms with van der Waals surface area (Å²) in [7, 11) is 1.46. The topological polar surface area (TPSA) is 96.5 Å². The van der Waals surface area contributed by atoms with Crippen LogP contribution in [0.2, 0.25) is 0 Å². The van der Waals surface area contributed by atoms with Gasteiger partial charge in [-0.1, -0.05) is 35.0 Å². The Kier molecular flexibility index (Phi) is 4.46. The molecular formula is C19H19N3O4. The molecule has 7 heteroatoms. The number of aliphatic carboxylic acids is 1. The molecule has 1 atom stereocenters. The van der Waals surface area contributed by atoms with E-state index in [0.717, 1.165) is 11.1 Å². The first kappa shape index (κ1) is 17.6. The van der Waals surface area contributed by atoms with Crippen molar-refractivity contribution in [2.24, 2.45) is 0 Å². The van der Waals surface area contributed by atoms with Crippen LogP contribution in [0, 0.1) is 13.8 Å². The normalized spacial score (nSPS) is 12.2. The first-order valence-electron chi connectivity index (χ1n) is 8.13. The van der Waals surface area contributed by atoms with Gasteiger partial charge in [0.1, 0.15) is 6.04 Å². The molecular weight excluding hydrogens is 334 g/mol. The summed E-state index contributed by atoms with van der Waals surface area (Å²) in [5.41, 5.74) is 3.60. The van der Waals surface area contributed by atoms with Crippen LogP contribution in [0.15, 0.2) is 34.9 Å². The van der Waals surface area contributed by atoms with E-state index in [1.165, 1.54) is 18.9 Å². The predicted octanol–water partition coefficient (Wildman–Crippen LogP) is 3.05. The molecule has 134 valence electrons. The molecule has 0 bridgehead atoms. The third-order valence-corrected chi connectivity index (χ3v) is 4.45. The molecule has 0 saturated heterocycles. The minimum Gasteiger partial charge on any atom is -0.480 e. The van der Waals surface area contributed by atoms with Gasteiger partial charge in [0, 0.05) is 12.6 Å². The number of hydrogen-bond donors (Lipinski definition) is 1. The van der Waals surface area contributed by atoms with E-state index in [2.05, 4.69) is 10.1 Å². The molecule has 1 amide bonds. The molecule has 1 N–H and O–H groups in total. The maximum atomic E-state index is 13.0. The van der Waals surface area contributed by atoms with E-state index in [9.17, 15) is 14.7 Å². The van der Waals surface area contributed by atoms with Gasteiger partial charge in [0.25, 0.3) is 11.6 Å². The van der Waals surface area contributed by atoms with E-state index in [-0.39, 0.29) is 5.71 Å². The number of carboxylic acid groups (broad SMARTS) is 1. The molecule has 26 heavy (non-hydrogen) atoms. The minimum absolute atomic E-state index is 0.250. The van der Waals surface area contributed by atoms with Crippen LogP contribution in [-0.2, 0) is 4.79 Å². The number of nitrogens with zero attached hydrogens (tertiary/aromatic N) is 3. The summed E-state index contributed by atoms with van der Waals surface area (Å²) in [6.07, 6.45) is 0. The maximum absolute atomic E-state index is 13.0. The van der Waals surface area contributed by atoms with E-state index in [1.807, 2.05) is 31.2 Å². The number of rotatable bonds is 4. The fourth-order valence-electron chi connectivity index (χ4n) is 2.67. The number of benzene rings is 1. The van der Waals surface area contributed by atoms with Gasteiger partial charge in [-0.25, -0.2) is 9.78 Å². The number of amides is 1. The highest BCUT2D eigenvalue weighted by Gasteiger charge is 2.27. The highest BCUT2D eigenvalue weighted by Crippen LogP contribution is 2.28. The molecule has 0 aliphatic heterocycles. The quantitative estimate of drug-likeness (QED) is 0.774. The van der Waals surface area contributed by atoms with Crippen molar-refractivity contribution in [2.75, 3.05) is 7.05 Å². The van der Waals surface area contributed by atoms with Crippen LogP contribution in [0.1, 0.15) is 28.5 Å². The first-order valence-corrected chi connectivity index (χ1v) is 8.13. The number of hydrogen-bond acceptors (Lipinski definition) is 5. The van der Waals surface area contributed by atoms with Gasteiger partial charge in [-0.05, 0) is 26.8 Å². The number of pyridine rings is 1. The van der Waals surface area contributed by atoms with Crippen molar-refractivity contribution >= 4 is 23.0 Å². The summed E-state index contributed by atoms with van der Waals surface area (Å²) in [6, 6.07) is 8.41. The van der Waals surface area contributed by atoms with Gasteiger partial charge in [0.2, 0.25) is 0 Å². The minimum atomic E-state index is -1.08. The molecule has 0 aliphatic rings. The highest BCUT2D eigenvalue weighted by atomic mass is 16.5. The molecule has 2 aromatic heterocycles. The number of likely N-dealkylation sites (N-methyl/N-ethyl adjacent to an activating group) is 1. The Hall–Kier alpha value is -3.22. The zero-order valence-electron chi connectivity index (χ0n) is 15.0. The SMILES string of the molecule is Cc1ccc(-c2cc(C(=O)N(C)C(C)C(=O)O)c3c(C)noc3n2)cc1. The second-order valence-electron chi connectivity index (χ2n) is 6.30. The van der Waals surface area contributed by atoms with Crippen LogP contribution >= 0.6 is 0 Å². The number of carbonyl (C=O) groups is 2. The fraction of sp³-hybridized carbons (Fsp3) is 0.263. The Morgan fingerprint density at radius 3 is 2.46 bits per heavy atom. The van der Waals surface area contributed by atoms with Gasteiger partial charge in [-0.15, -0.1) is 0 Å². The number of fused-ring (bicyclic) bond motifs is 1. The second-order valence-corrected chi connectivity index (χ2v) is 6.30. The van der Waals surface area contributed by atoms with Crippen molar-refractivity contribution in [3.63, 3.8) is 0 Å². The largest absolute Gasteiger partial charge is 0.480 e. The van der Waals surface area contributed by atoms with Crippen LogP contribution in [0.3, 0.4) is 0 Å². The number of carboxylic acids is 1. The molecule has 0 saturated carbocycles. The summed E-state index contributed by atoms with van der Waals surface area (Å²) < 4.78 is 5.26. The summed E-state index contributed by atoms with van der Waals surface area (Å²) in [5, 5.41) is 13.6. The maximum Gasteiger partial charge on any atom is 0.326 e. The lowest BCUT2D eigenvalue weighted by atomic mass is 10.0. The van der Waals surface area contributed by atoms with Gasteiger partial charge in [-0.2, -0.15) is 0 Å². The van der Waals surface area contributed by atoms with Gasteiger partial charge in [-0.3, -0.25) is 4.79 Å². The van der Waals surface area contributed by atoms with Gasteiger partial charge < -0.3 is 14.5 Å². The van der Waals surface area contributed by atoms with Crippen LogP contribution in [0.4, 0.5) is 0 Å². The van der Waals surface area contributed by atoms with Crippen LogP contribution in [-0.4, -0.2) is 45.1 Å². The van der Waals surface area contributed by atoms with Crippen molar-refractivity contribution < 1.29 is 19.2 Å². The standard InChI is InChI=1S/C19H19N3O4/c1-10-5-7-13(8-6-10)15-9-14(16-11(2)21-26-17(16)20-15)18(23)22(4)12(3)19(24)25/h5-9,12H,1-4H3,(H,24,25). The highest BCUT2D eigenvalue weighted by molar-refractivity contribution is 6.07. The van der Waals surface area contributed by atoms with E-state index in [4.69, 9.17) is 4.52 Å². The molecule has 0 radical (unpaired) electrons. The average molecular weight is 353 g/mol. The van der Waals surface area contributed by atoms with Gasteiger partial charge in [0.15, 0.2) is 0 Å². The summed E-state index contributed by atoms with van der Waals surface area (Å²) >= 11 is 0. The fourth-order valence-corrected chi connectivity index (χ4v) is 2.67. The van der Waals surface area contributed by atoms with E-state index in [0.29, 0.717) is 22.3 Å². The Bertz CT molecular complexity index is 992. The van der Waals surface area contributed by atoms with Gasteiger partial charge in [0.05, 0.1) is 22.3 Å². The molecule has 3 rings (SSSR count). The van der Waals surface area contributed by atoms with Crippen molar-refractivity contribution in [3.8, 4) is 11.3 Å². The van der Waals surface area contributed by atoms with E-state index >= 15 is 0 Å². The van der Waals surface area contributed by atoms with Crippen molar-refractivity contribution in [2.45, 2.75) is 26.8 Å². The van der Waals surface area contributed by atoms with E-state index in [1.54, 1.807) is 13.0 Å². The third kappa shape index (κ3) is 3.03. The first-order chi connectivity index (χ1) is 12.3. The smallest absolute Gasteiger partial charge is 0.326 e. The third-order valence-electron chi connectivity index (χ3n) is 4.45. The van der Waals surface area contributed by atoms with Crippen LogP contribution in [0.5, 0.6) is 0 Å². The molecule has 3 aromatic rings. The lowest BCUT2D eigenvalue weighted by Crippen LogP contribution is -2.40. The zero-order chi connectivity index (χ0) is 19.0. The lowest BCUT2D eigenvalue weighted by Gasteiger charge is -2.22. The molecule has 1 unspecified atom stereocenters. The number of aromatic nitrogens is 2. The molecule has 7 nitrogen and oxygen atoms in total. The second kappa shape index (κ2) is 6.59. The molecule has 0 fully saturated rings. The van der Waals surface area contributed by atoms with E-state index < -0.39 is 17.9 Å². The van der Waals surface area contributed by atoms with Crippen molar-refractivity contribution in [3.05, 3.63) is 47.2 Å². The molecule has 1 aromatic carbocycles.